The van der Waals surface area contributed by atoms with Gasteiger partial charge in [-0.1, -0.05) is 40.2 Å². The van der Waals surface area contributed by atoms with Crippen LogP contribution in [-0.2, 0) is 9.59 Å². The highest BCUT2D eigenvalue weighted by atomic mass is 79.9. The first-order chi connectivity index (χ1) is 16.6. The summed E-state index contributed by atoms with van der Waals surface area (Å²) < 4.78 is 1.07. The zero-order valence-electron chi connectivity index (χ0n) is 18.7. The maximum absolute atomic E-state index is 13.1. The fourth-order valence-electron chi connectivity index (χ4n) is 5.30. The van der Waals surface area contributed by atoms with Gasteiger partial charge in [0.2, 0.25) is 11.8 Å². The molecule has 1 fully saturated rings. The Morgan fingerprint density at radius 3 is 2.65 bits per heavy atom. The number of nitrogens with zero attached hydrogens (tertiary/aromatic N) is 2. The molecule has 6 rings (SSSR count). The monoisotopic (exact) mass is 516 g/mol. The second-order valence-electron chi connectivity index (χ2n) is 9.10. The Kier molecular flexibility index (Phi) is 5.38. The van der Waals surface area contributed by atoms with Crippen LogP contribution in [0, 0.1) is 0 Å². The SMILES string of the molecule is O=C1CC(c2c[nH]c3ccccc23)C(=O)N1CCN1CC=C(c2c[nH]c3ccc(Br)cc23)CC1. The number of aromatic amines is 2. The second kappa shape index (κ2) is 8.56. The van der Waals surface area contributed by atoms with Crippen LogP contribution in [0.2, 0.25) is 0 Å². The average Bonchev–Trinajstić information content (AvgIpc) is 3.53. The van der Waals surface area contributed by atoms with Crippen LogP contribution < -0.4 is 0 Å². The minimum Gasteiger partial charge on any atom is -0.361 e. The first kappa shape index (κ1) is 21.4. The summed E-state index contributed by atoms with van der Waals surface area (Å²) in [4.78, 5) is 36.2. The van der Waals surface area contributed by atoms with E-state index in [4.69, 9.17) is 0 Å². The predicted molar refractivity (Wildman–Crippen MR) is 137 cm³/mol. The van der Waals surface area contributed by atoms with Crippen molar-refractivity contribution in [2.24, 2.45) is 0 Å². The third-order valence-electron chi connectivity index (χ3n) is 7.16. The summed E-state index contributed by atoms with van der Waals surface area (Å²) in [5.41, 5.74) is 5.65. The van der Waals surface area contributed by atoms with E-state index in [1.807, 2.05) is 36.5 Å². The van der Waals surface area contributed by atoms with Crippen molar-refractivity contribution in [3.05, 3.63) is 76.5 Å². The van der Waals surface area contributed by atoms with Crippen LogP contribution in [0.15, 0.2) is 65.4 Å². The van der Waals surface area contributed by atoms with E-state index in [2.05, 4.69) is 55.2 Å². The van der Waals surface area contributed by atoms with Crippen LogP contribution in [0.4, 0.5) is 0 Å². The van der Waals surface area contributed by atoms with E-state index in [-0.39, 0.29) is 18.2 Å². The molecule has 7 heteroatoms. The average molecular weight is 517 g/mol. The minimum atomic E-state index is -0.391. The molecule has 0 aliphatic carbocycles. The van der Waals surface area contributed by atoms with Crippen LogP contribution in [0.3, 0.4) is 0 Å². The molecule has 1 saturated heterocycles. The number of nitrogens with one attached hydrogen (secondary N) is 2. The summed E-state index contributed by atoms with van der Waals surface area (Å²) >= 11 is 3.57. The number of para-hydroxylation sites is 1. The summed E-state index contributed by atoms with van der Waals surface area (Å²) in [5.74, 6) is -0.539. The quantitative estimate of drug-likeness (QED) is 0.365. The molecule has 4 heterocycles. The van der Waals surface area contributed by atoms with Gasteiger partial charge in [0.05, 0.1) is 5.92 Å². The molecule has 2 aromatic carbocycles. The van der Waals surface area contributed by atoms with Gasteiger partial charge in [0.15, 0.2) is 0 Å². The van der Waals surface area contributed by atoms with Crippen LogP contribution in [-0.4, -0.2) is 57.8 Å². The number of imide groups is 1. The van der Waals surface area contributed by atoms with Gasteiger partial charge >= 0.3 is 0 Å². The highest BCUT2D eigenvalue weighted by molar-refractivity contribution is 9.10. The number of rotatable bonds is 5. The summed E-state index contributed by atoms with van der Waals surface area (Å²) in [6.45, 7) is 2.87. The second-order valence-corrected chi connectivity index (χ2v) is 10.0. The summed E-state index contributed by atoms with van der Waals surface area (Å²) in [6, 6.07) is 14.2. The Balaban J connectivity index is 1.11. The van der Waals surface area contributed by atoms with Crippen LogP contribution in [0.5, 0.6) is 0 Å². The molecule has 0 bridgehead atoms. The number of H-pyrrole nitrogens is 2. The number of amides is 2. The van der Waals surface area contributed by atoms with E-state index >= 15 is 0 Å². The molecule has 0 radical (unpaired) electrons. The highest BCUT2D eigenvalue weighted by Crippen LogP contribution is 2.34. The molecule has 2 N–H and O–H groups in total. The lowest BCUT2D eigenvalue weighted by molar-refractivity contribution is -0.138. The van der Waals surface area contributed by atoms with Crippen LogP contribution in [0.25, 0.3) is 27.4 Å². The highest BCUT2D eigenvalue weighted by Gasteiger charge is 2.40. The van der Waals surface area contributed by atoms with Crippen molar-refractivity contribution in [3.8, 4) is 0 Å². The first-order valence-corrected chi connectivity index (χ1v) is 12.5. The van der Waals surface area contributed by atoms with Gasteiger partial charge in [-0.2, -0.15) is 0 Å². The fourth-order valence-corrected chi connectivity index (χ4v) is 5.66. The van der Waals surface area contributed by atoms with Crippen molar-refractivity contribution in [3.63, 3.8) is 0 Å². The van der Waals surface area contributed by atoms with E-state index in [9.17, 15) is 9.59 Å². The standard InChI is InChI=1S/C27H25BrN4O2/c28-18-5-6-25-20(13-18)22(15-29-25)17-7-9-31(10-8-17)11-12-32-26(33)14-21(27(32)34)23-16-30-24-4-2-1-3-19(23)24/h1-7,13,15-16,21,29-30H,8-12,14H2. The summed E-state index contributed by atoms with van der Waals surface area (Å²) in [5, 5.41) is 2.25. The third kappa shape index (κ3) is 3.69. The molecule has 4 aromatic rings. The van der Waals surface area contributed by atoms with Gasteiger partial charge in [-0.15, -0.1) is 0 Å². The van der Waals surface area contributed by atoms with Crippen molar-refractivity contribution >= 4 is 55.1 Å². The van der Waals surface area contributed by atoms with Crippen LogP contribution >= 0.6 is 15.9 Å². The van der Waals surface area contributed by atoms with Crippen molar-refractivity contribution in [1.29, 1.82) is 0 Å². The van der Waals surface area contributed by atoms with Gasteiger partial charge in [0.25, 0.3) is 0 Å². The molecular weight excluding hydrogens is 492 g/mol. The number of benzene rings is 2. The zero-order chi connectivity index (χ0) is 23.2. The predicted octanol–water partition coefficient (Wildman–Crippen LogP) is 5.04. The maximum Gasteiger partial charge on any atom is 0.237 e. The lowest BCUT2D eigenvalue weighted by Crippen LogP contribution is -2.39. The van der Waals surface area contributed by atoms with Gasteiger partial charge in [-0.25, -0.2) is 0 Å². The molecule has 2 aliphatic rings. The topological polar surface area (TPSA) is 72.2 Å². The van der Waals surface area contributed by atoms with E-state index in [0.717, 1.165) is 46.0 Å². The van der Waals surface area contributed by atoms with Crippen molar-refractivity contribution in [2.75, 3.05) is 26.2 Å². The molecule has 34 heavy (non-hydrogen) atoms. The Morgan fingerprint density at radius 1 is 0.971 bits per heavy atom. The maximum atomic E-state index is 13.1. The molecule has 0 saturated carbocycles. The summed E-state index contributed by atoms with van der Waals surface area (Å²) in [6.07, 6.45) is 7.44. The Bertz CT molecular complexity index is 1450. The lowest BCUT2D eigenvalue weighted by atomic mass is 9.97. The van der Waals surface area contributed by atoms with Gasteiger partial charge < -0.3 is 9.97 Å². The van der Waals surface area contributed by atoms with E-state index < -0.39 is 5.92 Å². The minimum absolute atomic E-state index is 0.0714. The molecule has 2 aromatic heterocycles. The lowest BCUT2D eigenvalue weighted by Gasteiger charge is -2.28. The van der Waals surface area contributed by atoms with Gasteiger partial charge in [0.1, 0.15) is 0 Å². The number of aromatic nitrogens is 2. The molecule has 2 amide bonds. The van der Waals surface area contributed by atoms with Crippen molar-refractivity contribution < 1.29 is 9.59 Å². The Morgan fingerprint density at radius 2 is 1.79 bits per heavy atom. The number of halogens is 1. The number of fused-ring (bicyclic) bond motifs is 2. The van der Waals surface area contributed by atoms with Crippen molar-refractivity contribution in [1.82, 2.24) is 19.8 Å². The molecule has 172 valence electrons. The van der Waals surface area contributed by atoms with Gasteiger partial charge in [0, 0.05) is 76.8 Å². The molecule has 1 unspecified atom stereocenters. The Hall–Kier alpha value is -3.16. The van der Waals surface area contributed by atoms with E-state index in [1.165, 1.54) is 21.4 Å². The Labute approximate surface area is 205 Å². The smallest absolute Gasteiger partial charge is 0.237 e. The summed E-state index contributed by atoms with van der Waals surface area (Å²) in [7, 11) is 0. The third-order valence-corrected chi connectivity index (χ3v) is 7.66. The molecular formula is C27H25BrN4O2. The fraction of sp³-hybridized carbons (Fsp3) is 0.259. The number of carbonyl (C=O) groups excluding carboxylic acids is 2. The van der Waals surface area contributed by atoms with E-state index in [0.29, 0.717) is 13.1 Å². The zero-order valence-corrected chi connectivity index (χ0v) is 20.3. The normalized spacial score (nSPS) is 19.5. The van der Waals surface area contributed by atoms with Gasteiger partial charge in [-0.05, 0) is 41.8 Å². The van der Waals surface area contributed by atoms with Crippen LogP contribution in [0.1, 0.15) is 29.9 Å². The molecule has 2 aliphatic heterocycles. The van der Waals surface area contributed by atoms with Crippen molar-refractivity contribution in [2.45, 2.75) is 18.8 Å². The van der Waals surface area contributed by atoms with E-state index in [1.54, 1.807) is 0 Å². The largest absolute Gasteiger partial charge is 0.361 e. The number of carbonyl (C=O) groups is 2. The number of hydrogen-bond donors (Lipinski definition) is 2. The molecule has 0 spiro atoms. The molecule has 6 nitrogen and oxygen atoms in total. The van der Waals surface area contributed by atoms with Gasteiger partial charge in [-0.3, -0.25) is 19.4 Å². The molecule has 1 atom stereocenters. The number of likely N-dealkylation sites (tertiary alicyclic amines) is 1. The number of hydrogen-bond acceptors (Lipinski definition) is 3. The first-order valence-electron chi connectivity index (χ1n) is 11.7.